The van der Waals surface area contributed by atoms with Crippen LogP contribution in [0.3, 0.4) is 0 Å². The molecule has 23 heavy (non-hydrogen) atoms. The number of hydrogen-bond donors (Lipinski definition) is 1. The number of benzene rings is 2. The first kappa shape index (κ1) is 15.4. The molecule has 116 valence electrons. The molecular formula is C19H17NO2S. The second-order valence-corrected chi connectivity index (χ2v) is 6.12. The van der Waals surface area contributed by atoms with Crippen molar-refractivity contribution >= 4 is 23.2 Å². The van der Waals surface area contributed by atoms with Crippen molar-refractivity contribution in [1.29, 1.82) is 0 Å². The molecule has 0 spiro atoms. The fourth-order valence-corrected chi connectivity index (χ4v) is 3.63. The predicted molar refractivity (Wildman–Crippen MR) is 95.0 cm³/mol. The lowest BCUT2D eigenvalue weighted by Crippen LogP contribution is -2.16. The van der Waals surface area contributed by atoms with Crippen molar-refractivity contribution < 1.29 is 9.90 Å². The highest BCUT2D eigenvalue weighted by Gasteiger charge is 2.22. The second kappa shape index (κ2) is 6.75. The normalized spacial score (nSPS) is 15.3. The van der Waals surface area contributed by atoms with Gasteiger partial charge in [0.25, 0.3) is 0 Å². The Labute approximate surface area is 139 Å². The number of phenols is 1. The van der Waals surface area contributed by atoms with Crippen LogP contribution in [0.5, 0.6) is 5.75 Å². The highest BCUT2D eigenvalue weighted by Crippen LogP contribution is 2.45. The molecule has 0 amide bonds. The first-order valence-electron chi connectivity index (χ1n) is 7.46. The van der Waals surface area contributed by atoms with E-state index >= 15 is 0 Å². The molecule has 1 aliphatic heterocycles. The Morgan fingerprint density at radius 2 is 1.91 bits per heavy atom. The van der Waals surface area contributed by atoms with Crippen LogP contribution in [0.25, 0.3) is 0 Å². The van der Waals surface area contributed by atoms with Crippen molar-refractivity contribution in [1.82, 2.24) is 0 Å². The summed E-state index contributed by atoms with van der Waals surface area (Å²) in [6, 6.07) is 14.8. The Hall–Kier alpha value is -2.46. The van der Waals surface area contributed by atoms with Gasteiger partial charge in [0.05, 0.1) is 16.3 Å². The smallest absolute Gasteiger partial charge is 0.189 e. The van der Waals surface area contributed by atoms with Crippen LogP contribution in [0.4, 0.5) is 5.69 Å². The van der Waals surface area contributed by atoms with E-state index in [0.29, 0.717) is 5.56 Å². The van der Waals surface area contributed by atoms with Crippen LogP contribution in [0.2, 0.25) is 0 Å². The quantitative estimate of drug-likeness (QED) is 0.659. The summed E-state index contributed by atoms with van der Waals surface area (Å²) in [5, 5.41) is 10.8. The molecule has 3 nitrogen and oxygen atoms in total. The molecule has 0 aliphatic carbocycles. The van der Waals surface area contributed by atoms with Crippen molar-refractivity contribution in [2.45, 2.75) is 11.8 Å². The number of fused-ring (bicyclic) bond motifs is 1. The lowest BCUT2D eigenvalue weighted by molar-refractivity contribution is 0.104. The molecule has 1 heterocycles. The fraction of sp³-hybridized carbons (Fsp3) is 0.105. The Morgan fingerprint density at radius 3 is 2.70 bits per heavy atom. The van der Waals surface area contributed by atoms with E-state index in [1.807, 2.05) is 18.2 Å². The highest BCUT2D eigenvalue weighted by molar-refractivity contribution is 8.03. The third kappa shape index (κ3) is 3.17. The van der Waals surface area contributed by atoms with Gasteiger partial charge in [-0.05, 0) is 43.3 Å². The zero-order chi connectivity index (χ0) is 16.2. The summed E-state index contributed by atoms with van der Waals surface area (Å²) < 4.78 is 0. The van der Waals surface area contributed by atoms with Gasteiger partial charge < -0.3 is 10.0 Å². The molecule has 0 radical (unpaired) electrons. The molecule has 0 bridgehead atoms. The maximum atomic E-state index is 12.1. The van der Waals surface area contributed by atoms with Crippen molar-refractivity contribution in [3.63, 3.8) is 0 Å². The Balaban J connectivity index is 1.78. The molecular weight excluding hydrogens is 306 g/mol. The maximum absolute atomic E-state index is 12.1. The number of anilines is 1. The lowest BCUT2D eigenvalue weighted by atomic mass is 10.1. The fourth-order valence-electron chi connectivity index (χ4n) is 2.49. The molecule has 0 saturated carbocycles. The van der Waals surface area contributed by atoms with Gasteiger partial charge in [0.2, 0.25) is 0 Å². The number of para-hydroxylation sites is 2. The van der Waals surface area contributed by atoms with Crippen molar-refractivity contribution in [2.24, 2.45) is 0 Å². The first-order valence-corrected chi connectivity index (χ1v) is 8.27. The molecule has 4 heteroatoms. The van der Waals surface area contributed by atoms with Gasteiger partial charge in [-0.1, -0.05) is 42.1 Å². The number of nitrogens with zero attached hydrogens (tertiary/aromatic N) is 1. The number of allylic oxidation sites excluding steroid dienone is 3. The van der Waals surface area contributed by atoms with Crippen molar-refractivity contribution in [3.05, 3.63) is 77.4 Å². The van der Waals surface area contributed by atoms with Crippen LogP contribution in [0.1, 0.15) is 17.3 Å². The number of thioether (sulfide) groups is 1. The van der Waals surface area contributed by atoms with E-state index < -0.39 is 0 Å². The van der Waals surface area contributed by atoms with E-state index in [4.69, 9.17) is 0 Å². The first-order chi connectivity index (χ1) is 11.2. The van der Waals surface area contributed by atoms with Crippen LogP contribution >= 0.6 is 11.8 Å². The number of carbonyl (C=O) groups is 1. The van der Waals surface area contributed by atoms with Gasteiger partial charge in [0.15, 0.2) is 5.78 Å². The van der Waals surface area contributed by atoms with Gasteiger partial charge in [0.1, 0.15) is 5.75 Å². The summed E-state index contributed by atoms with van der Waals surface area (Å²) in [6.07, 6.45) is 5.16. The van der Waals surface area contributed by atoms with Crippen LogP contribution in [-0.4, -0.2) is 17.4 Å². The van der Waals surface area contributed by atoms with E-state index in [2.05, 4.69) is 24.0 Å². The van der Waals surface area contributed by atoms with Gasteiger partial charge in [0, 0.05) is 11.4 Å². The van der Waals surface area contributed by atoms with Gasteiger partial charge in [-0.3, -0.25) is 4.79 Å². The van der Waals surface area contributed by atoms with Gasteiger partial charge in [-0.25, -0.2) is 0 Å². The van der Waals surface area contributed by atoms with Gasteiger partial charge >= 0.3 is 0 Å². The Bertz CT molecular complexity index is 795. The SMILES string of the molecule is CCN1/C(=C\C=C\C(=O)c2ccccc2O)Sc2ccccc21. The van der Waals surface area contributed by atoms with E-state index in [1.165, 1.54) is 22.7 Å². The number of hydrogen-bond acceptors (Lipinski definition) is 4. The average molecular weight is 323 g/mol. The van der Waals surface area contributed by atoms with Crippen molar-refractivity contribution in [3.8, 4) is 5.75 Å². The second-order valence-electron chi connectivity index (χ2n) is 5.06. The van der Waals surface area contributed by atoms with Crippen LogP contribution < -0.4 is 4.90 Å². The number of carbonyl (C=O) groups excluding carboxylic acids is 1. The van der Waals surface area contributed by atoms with E-state index in [9.17, 15) is 9.90 Å². The third-order valence-corrected chi connectivity index (χ3v) is 4.74. The molecule has 0 aromatic heterocycles. The van der Waals surface area contributed by atoms with Crippen molar-refractivity contribution in [2.75, 3.05) is 11.4 Å². The van der Waals surface area contributed by atoms with Crippen LogP contribution in [0.15, 0.2) is 76.7 Å². The van der Waals surface area contributed by atoms with E-state index in [1.54, 1.807) is 36.0 Å². The van der Waals surface area contributed by atoms with E-state index in [-0.39, 0.29) is 11.5 Å². The van der Waals surface area contributed by atoms with Crippen LogP contribution in [-0.2, 0) is 0 Å². The molecule has 0 saturated heterocycles. The minimum atomic E-state index is -0.205. The number of aromatic hydroxyl groups is 1. The minimum Gasteiger partial charge on any atom is -0.507 e. The standard InChI is InChI=1S/C19H17NO2S/c1-2-20-15-9-4-6-12-18(15)23-19(20)13-7-11-17(22)14-8-3-5-10-16(14)21/h3-13,21H,2H2,1H3/b11-7+,19-13+. The minimum absolute atomic E-state index is 0.00707. The molecule has 2 aromatic rings. The summed E-state index contributed by atoms with van der Waals surface area (Å²) >= 11 is 1.69. The monoisotopic (exact) mass is 323 g/mol. The zero-order valence-corrected chi connectivity index (χ0v) is 13.6. The topological polar surface area (TPSA) is 40.5 Å². The Morgan fingerprint density at radius 1 is 1.17 bits per heavy atom. The maximum Gasteiger partial charge on any atom is 0.189 e. The predicted octanol–water partition coefficient (Wildman–Crippen LogP) is 4.60. The van der Waals surface area contributed by atoms with Gasteiger partial charge in [-0.15, -0.1) is 0 Å². The molecule has 1 aliphatic rings. The summed E-state index contributed by atoms with van der Waals surface area (Å²) in [5.74, 6) is -0.198. The summed E-state index contributed by atoms with van der Waals surface area (Å²) in [5.41, 5.74) is 1.52. The lowest BCUT2D eigenvalue weighted by Gasteiger charge is -2.17. The Kier molecular flexibility index (Phi) is 4.53. The number of ketones is 1. The largest absolute Gasteiger partial charge is 0.507 e. The van der Waals surface area contributed by atoms with Gasteiger partial charge in [-0.2, -0.15) is 0 Å². The molecule has 3 rings (SSSR count). The molecule has 0 unspecified atom stereocenters. The molecule has 2 aromatic carbocycles. The number of rotatable bonds is 4. The summed E-state index contributed by atoms with van der Waals surface area (Å²) in [4.78, 5) is 15.6. The summed E-state index contributed by atoms with van der Waals surface area (Å²) in [7, 11) is 0. The van der Waals surface area contributed by atoms with E-state index in [0.717, 1.165) is 11.6 Å². The average Bonchev–Trinajstić information content (AvgIpc) is 2.92. The molecule has 1 N–H and O–H groups in total. The number of phenolic OH excluding ortho intramolecular Hbond substituents is 1. The zero-order valence-electron chi connectivity index (χ0n) is 12.8. The highest BCUT2D eigenvalue weighted by atomic mass is 32.2. The molecule has 0 fully saturated rings. The molecule has 0 atom stereocenters. The summed E-state index contributed by atoms with van der Waals surface area (Å²) in [6.45, 7) is 2.98. The third-order valence-electron chi connectivity index (χ3n) is 3.61. The van der Waals surface area contributed by atoms with Crippen LogP contribution in [0, 0.1) is 0 Å².